The minimum Gasteiger partial charge on any atom is -0.126 e. The van der Waals surface area contributed by atoms with Gasteiger partial charge >= 0.3 is 0 Å². The molecule has 0 saturated heterocycles. The van der Waals surface area contributed by atoms with Gasteiger partial charge in [0.05, 0.1) is 0 Å². The lowest BCUT2D eigenvalue weighted by Crippen LogP contribution is -2.09. The lowest BCUT2D eigenvalue weighted by atomic mass is 9.91. The zero-order chi connectivity index (χ0) is 8.85. The molecule has 0 heterocycles. The van der Waals surface area contributed by atoms with Crippen molar-refractivity contribution in [3.63, 3.8) is 0 Å². The van der Waals surface area contributed by atoms with E-state index in [9.17, 15) is 0 Å². The molecule has 0 saturated carbocycles. The summed E-state index contributed by atoms with van der Waals surface area (Å²) in [6.07, 6.45) is 2.56. The average Bonchev–Trinajstić information content (AvgIpc) is 1.84. The highest BCUT2D eigenvalue weighted by atomic mass is 35.5. The van der Waals surface area contributed by atoms with Crippen molar-refractivity contribution in [2.75, 3.05) is 5.88 Å². The Morgan fingerprint density at radius 1 is 0.909 bits per heavy atom. The van der Waals surface area contributed by atoms with Crippen LogP contribution in [-0.4, -0.2) is 5.88 Å². The number of alkyl halides is 1. The first kappa shape index (κ1) is 11.3. The monoisotopic (exact) mass is 176 g/mol. The van der Waals surface area contributed by atoms with Gasteiger partial charge in [0, 0.05) is 5.88 Å². The number of hydrogen-bond acceptors (Lipinski definition) is 0. The molecular formula is C10H21Cl. The molecule has 0 fully saturated rings. The highest BCUT2D eigenvalue weighted by molar-refractivity contribution is 6.18. The van der Waals surface area contributed by atoms with Crippen LogP contribution in [-0.2, 0) is 0 Å². The molecule has 0 amide bonds. The summed E-state index contributed by atoms with van der Waals surface area (Å²) in [6.45, 7) is 9.06. The van der Waals surface area contributed by atoms with E-state index < -0.39 is 0 Å². The van der Waals surface area contributed by atoms with E-state index >= 15 is 0 Å². The van der Waals surface area contributed by atoms with Crippen molar-refractivity contribution < 1.29 is 0 Å². The van der Waals surface area contributed by atoms with Crippen LogP contribution in [0.4, 0.5) is 0 Å². The zero-order valence-electron chi connectivity index (χ0n) is 8.23. The SMILES string of the molecule is CC(C)CC(CCl)CC(C)C. The summed E-state index contributed by atoms with van der Waals surface area (Å²) in [4.78, 5) is 0. The van der Waals surface area contributed by atoms with Gasteiger partial charge in [-0.2, -0.15) is 0 Å². The molecule has 0 aliphatic rings. The Kier molecular flexibility index (Phi) is 6.03. The molecule has 0 aromatic carbocycles. The van der Waals surface area contributed by atoms with Crippen molar-refractivity contribution in [1.29, 1.82) is 0 Å². The fraction of sp³-hybridized carbons (Fsp3) is 1.00. The van der Waals surface area contributed by atoms with Crippen LogP contribution in [0.3, 0.4) is 0 Å². The van der Waals surface area contributed by atoms with Crippen LogP contribution in [0.1, 0.15) is 40.5 Å². The maximum atomic E-state index is 5.86. The summed E-state index contributed by atoms with van der Waals surface area (Å²) in [6, 6.07) is 0. The number of rotatable bonds is 5. The van der Waals surface area contributed by atoms with Crippen LogP contribution in [0.25, 0.3) is 0 Å². The minimum absolute atomic E-state index is 0.733. The molecule has 0 aliphatic heterocycles. The first-order chi connectivity index (χ1) is 5.06. The van der Waals surface area contributed by atoms with Gasteiger partial charge in [-0.15, -0.1) is 11.6 Å². The topological polar surface area (TPSA) is 0 Å². The third kappa shape index (κ3) is 6.68. The Hall–Kier alpha value is 0.290. The van der Waals surface area contributed by atoms with Crippen molar-refractivity contribution in [1.82, 2.24) is 0 Å². The second kappa shape index (κ2) is 5.88. The largest absolute Gasteiger partial charge is 0.126 e. The third-order valence-corrected chi connectivity index (χ3v) is 2.26. The highest BCUT2D eigenvalue weighted by Crippen LogP contribution is 2.20. The van der Waals surface area contributed by atoms with E-state index in [1.54, 1.807) is 0 Å². The molecule has 0 aromatic rings. The van der Waals surface area contributed by atoms with Gasteiger partial charge in [-0.3, -0.25) is 0 Å². The summed E-state index contributed by atoms with van der Waals surface area (Å²) in [5.74, 6) is 3.14. The first-order valence-electron chi connectivity index (χ1n) is 4.62. The number of hydrogen-bond donors (Lipinski definition) is 0. The quantitative estimate of drug-likeness (QED) is 0.557. The summed E-state index contributed by atoms with van der Waals surface area (Å²) in [5, 5.41) is 0. The third-order valence-electron chi connectivity index (χ3n) is 1.83. The van der Waals surface area contributed by atoms with Gasteiger partial charge in [-0.05, 0) is 30.6 Å². The Balaban J connectivity index is 3.58. The van der Waals surface area contributed by atoms with Crippen molar-refractivity contribution >= 4 is 11.6 Å². The summed E-state index contributed by atoms with van der Waals surface area (Å²) in [5.41, 5.74) is 0. The van der Waals surface area contributed by atoms with E-state index in [-0.39, 0.29) is 0 Å². The van der Waals surface area contributed by atoms with Crippen molar-refractivity contribution in [3.05, 3.63) is 0 Å². The van der Waals surface area contributed by atoms with Gasteiger partial charge in [0.2, 0.25) is 0 Å². The van der Waals surface area contributed by atoms with E-state index in [2.05, 4.69) is 27.7 Å². The van der Waals surface area contributed by atoms with Crippen LogP contribution in [0.5, 0.6) is 0 Å². The fourth-order valence-corrected chi connectivity index (χ4v) is 1.81. The molecule has 1 heteroatoms. The van der Waals surface area contributed by atoms with Crippen LogP contribution in [0.2, 0.25) is 0 Å². The van der Waals surface area contributed by atoms with Gasteiger partial charge in [0.1, 0.15) is 0 Å². The van der Waals surface area contributed by atoms with Crippen LogP contribution >= 0.6 is 11.6 Å². The second-order valence-corrected chi connectivity index (χ2v) is 4.59. The Labute approximate surface area is 76.3 Å². The number of halogens is 1. The van der Waals surface area contributed by atoms with Crippen molar-refractivity contribution in [2.24, 2.45) is 17.8 Å². The van der Waals surface area contributed by atoms with Gasteiger partial charge in [-0.1, -0.05) is 27.7 Å². The fourth-order valence-electron chi connectivity index (χ4n) is 1.56. The van der Waals surface area contributed by atoms with Crippen LogP contribution in [0, 0.1) is 17.8 Å². The highest BCUT2D eigenvalue weighted by Gasteiger charge is 2.10. The van der Waals surface area contributed by atoms with Crippen molar-refractivity contribution in [2.45, 2.75) is 40.5 Å². The molecule has 11 heavy (non-hydrogen) atoms. The molecule has 0 atom stereocenters. The van der Waals surface area contributed by atoms with Gasteiger partial charge in [0.25, 0.3) is 0 Å². The maximum absolute atomic E-state index is 5.86. The standard InChI is InChI=1S/C10H21Cl/c1-8(2)5-10(7-11)6-9(3)4/h8-10H,5-7H2,1-4H3. The van der Waals surface area contributed by atoms with E-state index in [1.807, 2.05) is 0 Å². The molecule has 0 unspecified atom stereocenters. The Bertz CT molecular complexity index is 76.9. The van der Waals surface area contributed by atoms with E-state index in [0.717, 1.165) is 23.6 Å². The van der Waals surface area contributed by atoms with Gasteiger partial charge < -0.3 is 0 Å². The second-order valence-electron chi connectivity index (χ2n) is 4.28. The molecule has 0 radical (unpaired) electrons. The smallest absolute Gasteiger partial charge is 0.0251 e. The maximum Gasteiger partial charge on any atom is 0.0251 e. The molecular weight excluding hydrogens is 156 g/mol. The normalized spacial score (nSPS) is 12.0. The molecule has 0 rings (SSSR count). The Morgan fingerprint density at radius 2 is 1.27 bits per heavy atom. The molecule has 0 nitrogen and oxygen atoms in total. The van der Waals surface area contributed by atoms with Gasteiger partial charge in [-0.25, -0.2) is 0 Å². The lowest BCUT2D eigenvalue weighted by Gasteiger charge is -2.17. The molecule has 0 aromatic heterocycles. The summed E-state index contributed by atoms with van der Waals surface area (Å²) >= 11 is 5.86. The predicted molar refractivity (Wildman–Crippen MR) is 53.1 cm³/mol. The predicted octanol–water partition coefficient (Wildman–Crippen LogP) is 3.93. The molecule has 0 spiro atoms. The van der Waals surface area contributed by atoms with Gasteiger partial charge in [0.15, 0.2) is 0 Å². The van der Waals surface area contributed by atoms with E-state index in [4.69, 9.17) is 11.6 Å². The molecule has 0 bridgehead atoms. The molecule has 0 aliphatic carbocycles. The van der Waals surface area contributed by atoms with E-state index in [0.29, 0.717) is 0 Å². The minimum atomic E-state index is 0.733. The first-order valence-corrected chi connectivity index (χ1v) is 5.15. The van der Waals surface area contributed by atoms with E-state index in [1.165, 1.54) is 12.8 Å². The van der Waals surface area contributed by atoms with Crippen molar-refractivity contribution in [3.8, 4) is 0 Å². The summed E-state index contributed by atoms with van der Waals surface area (Å²) in [7, 11) is 0. The Morgan fingerprint density at radius 3 is 1.45 bits per heavy atom. The molecule has 68 valence electrons. The van der Waals surface area contributed by atoms with Crippen LogP contribution in [0.15, 0.2) is 0 Å². The molecule has 0 N–H and O–H groups in total. The van der Waals surface area contributed by atoms with Crippen LogP contribution < -0.4 is 0 Å². The lowest BCUT2D eigenvalue weighted by molar-refractivity contribution is 0.372. The average molecular weight is 177 g/mol. The summed E-state index contributed by atoms with van der Waals surface area (Å²) < 4.78 is 0. The zero-order valence-corrected chi connectivity index (χ0v) is 8.99.